The first-order valence-corrected chi connectivity index (χ1v) is 16.3. The van der Waals surface area contributed by atoms with E-state index in [1.165, 1.54) is 44.3 Å². The number of hydrogen-bond acceptors (Lipinski definition) is 16. The largest absolute Gasteiger partial charge is 0.473 e. The molecule has 1 aliphatic rings. The lowest BCUT2D eigenvalue weighted by Crippen LogP contribution is -2.44. The smallest absolute Gasteiger partial charge is 0.275 e. The molecule has 0 radical (unpaired) electrons. The molecule has 4 aromatic rings. The minimum Gasteiger partial charge on any atom is -0.473 e. The van der Waals surface area contributed by atoms with Gasteiger partial charge in [0, 0.05) is 7.05 Å². The Morgan fingerprint density at radius 3 is 2.03 bits per heavy atom. The molecule has 2 atom stereocenters. The fourth-order valence-corrected chi connectivity index (χ4v) is 7.46. The number of hydroxylamine groups is 1. The second-order valence-corrected chi connectivity index (χ2v) is 12.8. The average Bonchev–Trinajstić information content (AvgIpc) is 3.57. The van der Waals surface area contributed by atoms with E-state index in [0.717, 1.165) is 40.9 Å². The van der Waals surface area contributed by atoms with Gasteiger partial charge in [-0.2, -0.15) is 9.97 Å². The topological polar surface area (TPSA) is 132 Å². The summed E-state index contributed by atoms with van der Waals surface area (Å²) in [4.78, 5) is 37.0. The summed E-state index contributed by atoms with van der Waals surface area (Å²) in [5.74, 6) is 1.33. The zero-order valence-electron chi connectivity index (χ0n) is 22.3. The van der Waals surface area contributed by atoms with Crippen LogP contribution in [0.2, 0.25) is 0 Å². The second kappa shape index (κ2) is 12.5. The summed E-state index contributed by atoms with van der Waals surface area (Å²) in [5, 5.41) is 14.2. The highest BCUT2D eigenvalue weighted by Crippen LogP contribution is 2.42. The first kappa shape index (κ1) is 28.3. The number of aliphatic hydroxyl groups excluding tert-OH is 1. The van der Waals surface area contributed by atoms with Crippen LogP contribution < -0.4 is 19.4 Å². The lowest BCUT2D eigenvalue weighted by atomic mass is 10.1. The minimum absolute atomic E-state index is 0.0243. The van der Waals surface area contributed by atoms with Crippen LogP contribution in [-0.2, 0) is 4.84 Å². The zero-order valence-corrected chi connectivity index (χ0v) is 25.5. The number of ether oxygens (including phenoxy) is 2. The molecule has 0 fully saturated rings. The summed E-state index contributed by atoms with van der Waals surface area (Å²) in [7, 11) is 7.87. The van der Waals surface area contributed by atoms with Crippen LogP contribution in [0.25, 0.3) is 20.7 Å². The van der Waals surface area contributed by atoms with Gasteiger partial charge in [-0.05, 0) is 34.4 Å². The van der Waals surface area contributed by atoms with Gasteiger partial charge in [0.15, 0.2) is 22.9 Å². The quantitative estimate of drug-likeness (QED) is 0.216. The lowest BCUT2D eigenvalue weighted by molar-refractivity contribution is 0.0538. The highest BCUT2D eigenvalue weighted by Gasteiger charge is 2.30. The van der Waals surface area contributed by atoms with E-state index in [4.69, 9.17) is 29.3 Å². The van der Waals surface area contributed by atoms with Crippen LogP contribution in [0.3, 0.4) is 0 Å². The van der Waals surface area contributed by atoms with Crippen molar-refractivity contribution in [3.8, 4) is 10.4 Å². The number of likely N-dealkylation sites (N-methyl/N-ethyl adjacent to an activating group) is 1. The van der Waals surface area contributed by atoms with Gasteiger partial charge in [-0.25, -0.2) is 25.0 Å². The van der Waals surface area contributed by atoms with Crippen molar-refractivity contribution in [2.45, 2.75) is 61.9 Å². The molecular weight excluding hydrogens is 581 g/mol. The molecule has 4 aromatic heterocycles. The zero-order chi connectivity index (χ0) is 27.5. The molecule has 0 aliphatic carbocycles. The Bertz CT molecular complexity index is 1440. The summed E-state index contributed by atoms with van der Waals surface area (Å²) in [5.41, 5.74) is 1.08. The molecule has 0 spiro atoms. The second-order valence-electron chi connectivity index (χ2n) is 8.80. The molecular formula is C23H30N8O4S4. The third-order valence-electron chi connectivity index (χ3n) is 6.21. The van der Waals surface area contributed by atoms with Crippen molar-refractivity contribution >= 4 is 76.6 Å². The molecule has 4 bridgehead atoms. The normalized spacial score (nSPS) is 17.1. The Morgan fingerprint density at radius 2 is 1.49 bits per heavy atom. The Morgan fingerprint density at radius 1 is 0.897 bits per heavy atom. The van der Waals surface area contributed by atoms with E-state index in [2.05, 4.69) is 33.7 Å². The molecule has 39 heavy (non-hydrogen) atoms. The molecule has 0 amide bonds. The maximum Gasteiger partial charge on any atom is 0.275 e. The highest BCUT2D eigenvalue weighted by atomic mass is 33.1. The predicted molar refractivity (Wildman–Crippen MR) is 157 cm³/mol. The van der Waals surface area contributed by atoms with Gasteiger partial charge in [-0.1, -0.05) is 49.4 Å². The van der Waals surface area contributed by atoms with Crippen molar-refractivity contribution < 1.29 is 19.4 Å². The van der Waals surface area contributed by atoms with Crippen molar-refractivity contribution in [3.63, 3.8) is 0 Å². The van der Waals surface area contributed by atoms with Gasteiger partial charge in [0.2, 0.25) is 10.3 Å². The third kappa shape index (κ3) is 5.81. The highest BCUT2D eigenvalue weighted by molar-refractivity contribution is 8.76. The van der Waals surface area contributed by atoms with E-state index in [0.29, 0.717) is 44.4 Å². The molecule has 1 N–H and O–H groups in total. The fraction of sp³-hybridized carbons (Fsp3) is 0.565. The van der Waals surface area contributed by atoms with E-state index in [-0.39, 0.29) is 18.7 Å². The Balaban J connectivity index is 1.68. The average molecular weight is 611 g/mol. The number of aromatic nitrogens is 6. The number of hydrogen-bond donors (Lipinski definition) is 1. The van der Waals surface area contributed by atoms with Gasteiger partial charge in [0.25, 0.3) is 10.4 Å². The molecule has 5 rings (SSSR count). The van der Waals surface area contributed by atoms with Crippen molar-refractivity contribution in [2.75, 3.05) is 44.4 Å². The molecule has 210 valence electrons. The number of nitrogens with zero attached hydrogens (tertiary/aromatic N) is 8. The summed E-state index contributed by atoms with van der Waals surface area (Å²) >= 11 is 2.77. The Hall–Kier alpha value is -2.24. The van der Waals surface area contributed by atoms with Crippen molar-refractivity contribution in [1.82, 2.24) is 29.9 Å². The van der Waals surface area contributed by atoms with Gasteiger partial charge in [-0.15, -0.1) is 0 Å². The van der Waals surface area contributed by atoms with Gasteiger partial charge >= 0.3 is 0 Å². The van der Waals surface area contributed by atoms with Crippen LogP contribution in [0, 0.1) is 0 Å². The summed E-state index contributed by atoms with van der Waals surface area (Å²) < 4.78 is 12.4. The van der Waals surface area contributed by atoms with Crippen molar-refractivity contribution in [2.24, 2.45) is 0 Å². The van der Waals surface area contributed by atoms with E-state index in [1.54, 1.807) is 19.3 Å². The van der Waals surface area contributed by atoms with Crippen molar-refractivity contribution in [3.05, 3.63) is 0 Å². The number of anilines is 2. The van der Waals surface area contributed by atoms with Crippen LogP contribution in [0.15, 0.2) is 10.3 Å². The van der Waals surface area contributed by atoms with Gasteiger partial charge < -0.3 is 19.5 Å². The number of aliphatic hydroxyl groups is 1. The maximum absolute atomic E-state index is 10.4. The van der Waals surface area contributed by atoms with E-state index < -0.39 is 0 Å². The molecule has 16 heteroatoms. The van der Waals surface area contributed by atoms with Crippen LogP contribution in [0.4, 0.5) is 11.6 Å². The van der Waals surface area contributed by atoms with Crippen molar-refractivity contribution in [1.29, 1.82) is 0 Å². The molecule has 0 aromatic carbocycles. The standard InChI is InChI=1S/C23H30N8O4S4/c1-6-8-12(10-32)31-19-15-17(27-23(34-5)37-15)25-21(29-19)39-38-20-24-16-14(36-22(26-16)33-4)18(28-20)30(3)13(9-7-2)11-35-31/h12-13,32H,6-11H2,1-5H3/t12-,13-/m1/s1. The van der Waals surface area contributed by atoms with Crippen LogP contribution in [0.5, 0.6) is 10.4 Å². The Labute approximate surface area is 241 Å². The number of rotatable bonds is 8. The molecule has 1 aliphatic heterocycles. The lowest BCUT2D eigenvalue weighted by Gasteiger charge is -2.34. The fourth-order valence-electron chi connectivity index (χ4n) is 4.27. The van der Waals surface area contributed by atoms with Gasteiger partial charge in [0.05, 0.1) is 39.5 Å². The predicted octanol–water partition coefficient (Wildman–Crippen LogP) is 4.82. The number of methoxy groups -OCH3 is 2. The van der Waals surface area contributed by atoms with Gasteiger partial charge in [0.1, 0.15) is 9.40 Å². The number of fused-ring (bicyclic) bond motifs is 8. The van der Waals surface area contributed by atoms with Crippen LogP contribution in [-0.4, -0.2) is 81.6 Å². The third-order valence-corrected chi connectivity index (χ3v) is 10.1. The van der Waals surface area contributed by atoms with E-state index in [1.807, 2.05) is 7.05 Å². The SMILES string of the molecule is CCC[C@@H]1CON([C@@H](CO)CCC)c2nc(nc3nc(OC)sc23)SSc2nc(c3sc(OC)nc3n2)N1C. The monoisotopic (exact) mass is 610 g/mol. The first-order chi connectivity index (χ1) is 19.0. The first-order valence-electron chi connectivity index (χ1n) is 12.5. The van der Waals surface area contributed by atoms with Crippen LogP contribution in [0.1, 0.15) is 39.5 Å². The molecule has 5 heterocycles. The minimum atomic E-state index is -0.303. The molecule has 0 unspecified atom stereocenters. The Kier molecular flexibility index (Phi) is 9.08. The van der Waals surface area contributed by atoms with Crippen LogP contribution >= 0.6 is 44.3 Å². The summed E-state index contributed by atoms with van der Waals surface area (Å²) in [6.45, 7) is 4.49. The van der Waals surface area contributed by atoms with Gasteiger partial charge in [-0.3, -0.25) is 4.84 Å². The van der Waals surface area contributed by atoms with E-state index >= 15 is 0 Å². The molecule has 0 saturated heterocycles. The molecule has 12 nitrogen and oxygen atoms in total. The molecule has 0 saturated carbocycles. The number of thiazole rings is 2. The maximum atomic E-state index is 10.4. The van der Waals surface area contributed by atoms with E-state index in [9.17, 15) is 5.11 Å². The summed E-state index contributed by atoms with van der Waals surface area (Å²) in [6.07, 6.45) is 3.40. The summed E-state index contributed by atoms with van der Waals surface area (Å²) in [6, 6.07) is -0.327.